The van der Waals surface area contributed by atoms with Gasteiger partial charge in [-0.3, -0.25) is 0 Å². The zero-order valence-electron chi connectivity index (χ0n) is 8.76. The van der Waals surface area contributed by atoms with Crippen molar-refractivity contribution in [3.63, 3.8) is 0 Å². The first-order valence-electron chi connectivity index (χ1n) is 5.71. The summed E-state index contributed by atoms with van der Waals surface area (Å²) in [6.07, 6.45) is 10.4. The van der Waals surface area contributed by atoms with E-state index in [2.05, 4.69) is 13.0 Å². The Morgan fingerprint density at radius 1 is 1.23 bits per heavy atom. The molecule has 1 fully saturated rings. The highest BCUT2D eigenvalue weighted by molar-refractivity contribution is 4.75. The predicted octanol–water partition coefficient (Wildman–Crippen LogP) is 3.90. The normalized spacial score (nSPS) is 21.8. The summed E-state index contributed by atoms with van der Waals surface area (Å²) >= 11 is 0. The largest absolute Gasteiger partial charge is 0.198 e. The van der Waals surface area contributed by atoms with Crippen LogP contribution in [0, 0.1) is 23.2 Å². The average molecular weight is 179 g/mol. The van der Waals surface area contributed by atoms with Gasteiger partial charge in [0, 0.05) is 6.42 Å². The molecule has 0 N–H and O–H groups in total. The fourth-order valence-corrected chi connectivity index (χ4v) is 2.41. The summed E-state index contributed by atoms with van der Waals surface area (Å²) in [5.74, 6) is 1.69. The molecule has 1 nitrogen and oxygen atoms in total. The van der Waals surface area contributed by atoms with Gasteiger partial charge >= 0.3 is 0 Å². The Morgan fingerprint density at radius 3 is 2.38 bits per heavy atom. The van der Waals surface area contributed by atoms with E-state index < -0.39 is 0 Å². The summed E-state index contributed by atoms with van der Waals surface area (Å²) < 4.78 is 0. The van der Waals surface area contributed by atoms with E-state index in [4.69, 9.17) is 5.26 Å². The number of rotatable bonds is 3. The van der Waals surface area contributed by atoms with Crippen molar-refractivity contribution in [3.05, 3.63) is 0 Å². The molecule has 1 unspecified atom stereocenters. The first-order valence-corrected chi connectivity index (χ1v) is 5.71. The molecular weight excluding hydrogens is 158 g/mol. The Hall–Kier alpha value is -0.510. The monoisotopic (exact) mass is 179 g/mol. The van der Waals surface area contributed by atoms with Gasteiger partial charge in [0.25, 0.3) is 0 Å². The minimum atomic E-state index is 0.748. The van der Waals surface area contributed by atoms with E-state index in [0.717, 1.165) is 24.7 Å². The van der Waals surface area contributed by atoms with Crippen LogP contribution in [-0.4, -0.2) is 0 Å². The quantitative estimate of drug-likeness (QED) is 0.603. The van der Waals surface area contributed by atoms with Crippen LogP contribution in [0.5, 0.6) is 0 Å². The van der Waals surface area contributed by atoms with Crippen LogP contribution in [0.3, 0.4) is 0 Å². The lowest BCUT2D eigenvalue weighted by Gasteiger charge is -2.21. The van der Waals surface area contributed by atoms with Gasteiger partial charge in [0.15, 0.2) is 0 Å². The minimum absolute atomic E-state index is 0.748. The van der Waals surface area contributed by atoms with Crippen molar-refractivity contribution in [2.45, 2.75) is 58.3 Å². The van der Waals surface area contributed by atoms with Gasteiger partial charge in [-0.05, 0) is 18.3 Å². The third-order valence-electron chi connectivity index (χ3n) is 3.42. The van der Waals surface area contributed by atoms with E-state index in [-0.39, 0.29) is 0 Å². The second kappa shape index (κ2) is 6.02. The number of hydrogen-bond donors (Lipinski definition) is 0. The lowest BCUT2D eigenvalue weighted by atomic mass is 9.85. The Kier molecular flexibility index (Phi) is 4.90. The number of nitriles is 1. The second-order valence-electron chi connectivity index (χ2n) is 4.43. The molecule has 0 radical (unpaired) electrons. The van der Waals surface area contributed by atoms with Crippen molar-refractivity contribution >= 4 is 0 Å². The third-order valence-corrected chi connectivity index (χ3v) is 3.42. The molecule has 0 saturated heterocycles. The third kappa shape index (κ3) is 3.81. The van der Waals surface area contributed by atoms with Gasteiger partial charge in [0.1, 0.15) is 0 Å². The topological polar surface area (TPSA) is 23.8 Å². The fraction of sp³-hybridized carbons (Fsp3) is 0.917. The Labute approximate surface area is 82.1 Å². The maximum Gasteiger partial charge on any atom is 0.0621 e. The molecule has 0 amide bonds. The molecule has 0 spiro atoms. The first-order chi connectivity index (χ1) is 6.34. The lowest BCUT2D eigenvalue weighted by Crippen LogP contribution is -2.10. The van der Waals surface area contributed by atoms with E-state index in [1.165, 1.54) is 38.5 Å². The Morgan fingerprint density at radius 2 is 1.85 bits per heavy atom. The zero-order valence-corrected chi connectivity index (χ0v) is 8.76. The lowest BCUT2D eigenvalue weighted by molar-refractivity contribution is 0.306. The summed E-state index contributed by atoms with van der Waals surface area (Å²) in [6.45, 7) is 2.33. The van der Waals surface area contributed by atoms with Crippen molar-refractivity contribution in [1.82, 2.24) is 0 Å². The number of hydrogen-bond acceptors (Lipinski definition) is 1. The molecular formula is C12H21N. The molecule has 13 heavy (non-hydrogen) atoms. The molecule has 1 aliphatic rings. The van der Waals surface area contributed by atoms with E-state index >= 15 is 0 Å². The van der Waals surface area contributed by atoms with Crippen LogP contribution in [0.15, 0.2) is 0 Å². The minimum Gasteiger partial charge on any atom is -0.198 e. The smallest absolute Gasteiger partial charge is 0.0621 e. The van der Waals surface area contributed by atoms with Crippen LogP contribution in [0.1, 0.15) is 58.3 Å². The van der Waals surface area contributed by atoms with Crippen LogP contribution in [0.2, 0.25) is 0 Å². The molecule has 74 valence electrons. The Balaban J connectivity index is 2.27. The van der Waals surface area contributed by atoms with Crippen LogP contribution in [0.4, 0.5) is 0 Å². The van der Waals surface area contributed by atoms with Crippen molar-refractivity contribution in [2.24, 2.45) is 11.8 Å². The molecule has 1 aliphatic carbocycles. The highest BCUT2D eigenvalue weighted by Gasteiger charge is 2.18. The van der Waals surface area contributed by atoms with Crippen LogP contribution in [-0.2, 0) is 0 Å². The summed E-state index contributed by atoms with van der Waals surface area (Å²) in [5, 5.41) is 8.52. The summed E-state index contributed by atoms with van der Waals surface area (Å²) in [4.78, 5) is 0. The molecule has 1 saturated carbocycles. The molecule has 0 aliphatic heterocycles. The van der Waals surface area contributed by atoms with Gasteiger partial charge in [-0.25, -0.2) is 0 Å². The molecule has 0 aromatic rings. The van der Waals surface area contributed by atoms with E-state index in [1.54, 1.807) is 0 Å². The average Bonchev–Trinajstić information content (AvgIpc) is 2.42. The van der Waals surface area contributed by atoms with Gasteiger partial charge in [-0.2, -0.15) is 5.26 Å². The molecule has 1 rings (SSSR count). The van der Waals surface area contributed by atoms with Gasteiger partial charge in [-0.1, -0.05) is 45.4 Å². The fourth-order valence-electron chi connectivity index (χ4n) is 2.41. The predicted molar refractivity (Wildman–Crippen MR) is 55.2 cm³/mol. The SMILES string of the molecule is CC(CCC#N)C1CCCCCC1. The van der Waals surface area contributed by atoms with Crippen molar-refractivity contribution in [3.8, 4) is 6.07 Å². The van der Waals surface area contributed by atoms with Crippen LogP contribution >= 0.6 is 0 Å². The van der Waals surface area contributed by atoms with E-state index in [1.807, 2.05) is 0 Å². The number of nitrogens with zero attached hydrogens (tertiary/aromatic N) is 1. The van der Waals surface area contributed by atoms with Crippen molar-refractivity contribution in [1.29, 1.82) is 5.26 Å². The molecule has 0 aromatic heterocycles. The molecule has 0 aromatic carbocycles. The van der Waals surface area contributed by atoms with Gasteiger partial charge in [-0.15, -0.1) is 0 Å². The molecule has 0 heterocycles. The van der Waals surface area contributed by atoms with Gasteiger partial charge in [0.05, 0.1) is 6.07 Å². The van der Waals surface area contributed by atoms with Crippen LogP contribution in [0.25, 0.3) is 0 Å². The second-order valence-corrected chi connectivity index (χ2v) is 4.43. The van der Waals surface area contributed by atoms with E-state index in [0.29, 0.717) is 0 Å². The maximum atomic E-state index is 8.52. The van der Waals surface area contributed by atoms with Crippen molar-refractivity contribution in [2.75, 3.05) is 0 Å². The molecule has 1 atom stereocenters. The Bertz CT molecular complexity index is 160. The standard InChI is InChI=1S/C12H21N/c1-11(7-6-10-13)12-8-4-2-3-5-9-12/h11-12H,2-9H2,1H3. The zero-order chi connectivity index (χ0) is 9.52. The molecule has 1 heteroatoms. The van der Waals surface area contributed by atoms with E-state index in [9.17, 15) is 0 Å². The molecule has 0 bridgehead atoms. The van der Waals surface area contributed by atoms with Crippen LogP contribution < -0.4 is 0 Å². The van der Waals surface area contributed by atoms with Gasteiger partial charge < -0.3 is 0 Å². The first kappa shape index (κ1) is 10.6. The maximum absolute atomic E-state index is 8.52. The van der Waals surface area contributed by atoms with Gasteiger partial charge in [0.2, 0.25) is 0 Å². The summed E-state index contributed by atoms with van der Waals surface area (Å²) in [7, 11) is 0. The highest BCUT2D eigenvalue weighted by Crippen LogP contribution is 2.30. The summed E-state index contributed by atoms with van der Waals surface area (Å²) in [6, 6.07) is 2.25. The van der Waals surface area contributed by atoms with Crippen molar-refractivity contribution < 1.29 is 0 Å². The summed E-state index contributed by atoms with van der Waals surface area (Å²) in [5.41, 5.74) is 0. The highest BCUT2D eigenvalue weighted by atomic mass is 14.3.